The van der Waals surface area contributed by atoms with Gasteiger partial charge in [0.2, 0.25) is 0 Å². The Labute approximate surface area is 133 Å². The molecule has 0 unspecified atom stereocenters. The van der Waals surface area contributed by atoms with Gasteiger partial charge in [0, 0.05) is 25.7 Å². The number of hydrogen-bond donors (Lipinski definition) is 1. The molecule has 0 atom stereocenters. The maximum atomic E-state index is 12.6. The van der Waals surface area contributed by atoms with Crippen LogP contribution >= 0.6 is 0 Å². The van der Waals surface area contributed by atoms with Gasteiger partial charge in [-0.1, -0.05) is 0 Å². The summed E-state index contributed by atoms with van der Waals surface area (Å²) in [5.74, 6) is -0.228. The molecule has 2 aromatic rings. The molecule has 8 nitrogen and oxygen atoms in total. The molecule has 120 valence electrons. The first-order chi connectivity index (χ1) is 11.0. The van der Waals surface area contributed by atoms with Crippen molar-refractivity contribution in [2.45, 2.75) is 32.0 Å². The lowest BCUT2D eigenvalue weighted by Gasteiger charge is -2.16. The van der Waals surface area contributed by atoms with Crippen molar-refractivity contribution in [2.24, 2.45) is 14.1 Å². The maximum Gasteiger partial charge on any atom is 0.272 e. The van der Waals surface area contributed by atoms with Crippen LogP contribution in [0.2, 0.25) is 0 Å². The van der Waals surface area contributed by atoms with Gasteiger partial charge in [-0.15, -0.1) is 0 Å². The number of rotatable bonds is 3. The Hall–Kier alpha value is -2.64. The van der Waals surface area contributed by atoms with Gasteiger partial charge in [-0.25, -0.2) is 4.98 Å². The SMILES string of the molecule is Cn1cncc1C(=O)N1Cc2c(C(=O)NC3CC3)nn(C)c2C1. The topological polar surface area (TPSA) is 85.1 Å². The van der Waals surface area contributed by atoms with Crippen molar-refractivity contribution >= 4 is 11.8 Å². The van der Waals surface area contributed by atoms with Crippen LogP contribution in [-0.4, -0.2) is 42.1 Å². The monoisotopic (exact) mass is 314 g/mol. The van der Waals surface area contributed by atoms with Crippen LogP contribution in [-0.2, 0) is 27.2 Å². The predicted molar refractivity (Wildman–Crippen MR) is 80.5 cm³/mol. The van der Waals surface area contributed by atoms with Gasteiger partial charge < -0.3 is 14.8 Å². The standard InChI is InChI=1S/C15H18N6O2/c1-19-8-16-5-11(19)15(23)21-6-10-12(7-21)20(2)18-13(10)14(22)17-9-3-4-9/h5,8-9H,3-4,6-7H2,1-2H3,(H,17,22). The Morgan fingerprint density at radius 1 is 1.26 bits per heavy atom. The van der Waals surface area contributed by atoms with E-state index in [-0.39, 0.29) is 17.9 Å². The van der Waals surface area contributed by atoms with Crippen molar-refractivity contribution in [1.82, 2.24) is 29.5 Å². The molecule has 2 aromatic heterocycles. The van der Waals surface area contributed by atoms with E-state index in [1.165, 1.54) is 0 Å². The van der Waals surface area contributed by atoms with E-state index in [0.717, 1.165) is 24.1 Å². The van der Waals surface area contributed by atoms with E-state index in [1.807, 2.05) is 7.05 Å². The zero-order valence-electron chi connectivity index (χ0n) is 13.1. The Morgan fingerprint density at radius 3 is 2.70 bits per heavy atom. The van der Waals surface area contributed by atoms with Gasteiger partial charge in [-0.2, -0.15) is 5.10 Å². The average Bonchev–Trinajstić information content (AvgIpc) is 2.96. The summed E-state index contributed by atoms with van der Waals surface area (Å²) in [6.45, 7) is 0.861. The van der Waals surface area contributed by atoms with E-state index < -0.39 is 0 Å². The van der Waals surface area contributed by atoms with Gasteiger partial charge in [0.25, 0.3) is 11.8 Å². The number of imidazole rings is 1. The van der Waals surface area contributed by atoms with E-state index >= 15 is 0 Å². The van der Waals surface area contributed by atoms with Gasteiger partial charge in [0.1, 0.15) is 5.69 Å². The molecule has 23 heavy (non-hydrogen) atoms. The number of amides is 2. The maximum absolute atomic E-state index is 12.6. The first-order valence-electron chi connectivity index (χ1n) is 7.66. The fourth-order valence-corrected chi connectivity index (χ4v) is 2.93. The van der Waals surface area contributed by atoms with Gasteiger partial charge in [0.15, 0.2) is 5.69 Å². The highest BCUT2D eigenvalue weighted by molar-refractivity contribution is 5.96. The highest BCUT2D eigenvalue weighted by Crippen LogP contribution is 2.27. The van der Waals surface area contributed by atoms with E-state index in [2.05, 4.69) is 15.4 Å². The normalized spacial score (nSPS) is 16.5. The Morgan fingerprint density at radius 2 is 2.04 bits per heavy atom. The molecule has 1 aliphatic heterocycles. The second-order valence-corrected chi connectivity index (χ2v) is 6.20. The molecule has 1 aliphatic carbocycles. The molecular formula is C15H18N6O2. The number of nitrogens with zero attached hydrogens (tertiary/aromatic N) is 5. The number of aryl methyl sites for hydroxylation is 2. The molecule has 0 saturated heterocycles. The minimum atomic E-state index is -0.140. The third-order valence-corrected chi connectivity index (χ3v) is 4.42. The van der Waals surface area contributed by atoms with Crippen LogP contribution < -0.4 is 5.32 Å². The van der Waals surface area contributed by atoms with Crippen molar-refractivity contribution in [2.75, 3.05) is 0 Å². The molecule has 0 spiro atoms. The van der Waals surface area contributed by atoms with Crippen molar-refractivity contribution in [3.63, 3.8) is 0 Å². The molecule has 2 aliphatic rings. The summed E-state index contributed by atoms with van der Waals surface area (Å²) < 4.78 is 3.40. The minimum absolute atomic E-state index is 0.0882. The molecule has 8 heteroatoms. The number of hydrogen-bond acceptors (Lipinski definition) is 4. The number of nitrogens with one attached hydrogen (secondary N) is 1. The zero-order chi connectivity index (χ0) is 16.1. The van der Waals surface area contributed by atoms with Crippen LogP contribution in [0.4, 0.5) is 0 Å². The third kappa shape index (κ3) is 2.30. The van der Waals surface area contributed by atoms with Crippen molar-refractivity contribution in [3.8, 4) is 0 Å². The lowest BCUT2D eigenvalue weighted by Crippen LogP contribution is -2.30. The molecule has 2 amide bonds. The largest absolute Gasteiger partial charge is 0.348 e. The summed E-state index contributed by atoms with van der Waals surface area (Å²) >= 11 is 0. The van der Waals surface area contributed by atoms with Crippen LogP contribution in [0.3, 0.4) is 0 Å². The highest BCUT2D eigenvalue weighted by atomic mass is 16.2. The second-order valence-electron chi connectivity index (χ2n) is 6.20. The first kappa shape index (κ1) is 14.0. The fourth-order valence-electron chi connectivity index (χ4n) is 2.93. The van der Waals surface area contributed by atoms with Gasteiger partial charge in [-0.3, -0.25) is 14.3 Å². The number of carbonyl (C=O) groups is 2. The summed E-state index contributed by atoms with van der Waals surface area (Å²) in [7, 11) is 3.60. The molecular weight excluding hydrogens is 296 g/mol. The van der Waals surface area contributed by atoms with E-state index in [1.54, 1.807) is 33.7 Å². The van der Waals surface area contributed by atoms with Crippen LogP contribution in [0, 0.1) is 0 Å². The molecule has 0 aromatic carbocycles. The Balaban J connectivity index is 1.58. The van der Waals surface area contributed by atoms with Gasteiger partial charge in [0.05, 0.1) is 31.3 Å². The van der Waals surface area contributed by atoms with Gasteiger partial charge >= 0.3 is 0 Å². The van der Waals surface area contributed by atoms with Crippen LogP contribution in [0.25, 0.3) is 0 Å². The van der Waals surface area contributed by atoms with Crippen LogP contribution in [0.5, 0.6) is 0 Å². The molecule has 1 fully saturated rings. The third-order valence-electron chi connectivity index (χ3n) is 4.42. The Bertz CT molecular complexity index is 801. The van der Waals surface area contributed by atoms with Crippen LogP contribution in [0.15, 0.2) is 12.5 Å². The second kappa shape index (κ2) is 4.94. The fraction of sp³-hybridized carbons (Fsp3) is 0.467. The molecule has 0 radical (unpaired) electrons. The van der Waals surface area contributed by atoms with Crippen LogP contribution in [0.1, 0.15) is 45.1 Å². The predicted octanol–water partition coefficient (Wildman–Crippen LogP) is 0.202. The summed E-state index contributed by atoms with van der Waals surface area (Å²) in [5.41, 5.74) is 2.74. The van der Waals surface area contributed by atoms with Crippen molar-refractivity contribution < 1.29 is 9.59 Å². The average molecular weight is 314 g/mol. The number of aromatic nitrogens is 4. The van der Waals surface area contributed by atoms with Crippen molar-refractivity contribution in [3.05, 3.63) is 35.2 Å². The van der Waals surface area contributed by atoms with E-state index in [9.17, 15) is 9.59 Å². The molecule has 1 N–H and O–H groups in total. The lowest BCUT2D eigenvalue weighted by molar-refractivity contribution is 0.0736. The quantitative estimate of drug-likeness (QED) is 0.877. The molecule has 4 rings (SSSR count). The zero-order valence-corrected chi connectivity index (χ0v) is 13.1. The van der Waals surface area contributed by atoms with E-state index in [4.69, 9.17) is 0 Å². The summed E-state index contributed by atoms with van der Waals surface area (Å²) in [6, 6.07) is 0.286. The summed E-state index contributed by atoms with van der Waals surface area (Å²) in [4.78, 5) is 30.6. The first-order valence-corrected chi connectivity index (χ1v) is 7.66. The molecule has 1 saturated carbocycles. The molecule has 3 heterocycles. The number of carbonyl (C=O) groups excluding carboxylic acids is 2. The van der Waals surface area contributed by atoms with E-state index in [0.29, 0.717) is 24.5 Å². The Kier molecular flexibility index (Phi) is 3.00. The van der Waals surface area contributed by atoms with Gasteiger partial charge in [-0.05, 0) is 12.8 Å². The summed E-state index contributed by atoms with van der Waals surface area (Å²) in [6.07, 6.45) is 5.23. The molecule has 0 bridgehead atoms. The smallest absolute Gasteiger partial charge is 0.272 e. The lowest BCUT2D eigenvalue weighted by atomic mass is 10.2. The minimum Gasteiger partial charge on any atom is -0.348 e. The highest BCUT2D eigenvalue weighted by Gasteiger charge is 2.34. The summed E-state index contributed by atoms with van der Waals surface area (Å²) in [5, 5.41) is 7.30. The number of fused-ring (bicyclic) bond motifs is 1. The van der Waals surface area contributed by atoms with Crippen molar-refractivity contribution in [1.29, 1.82) is 0 Å².